The standard InChI is InChI=1S/C23H17NO4S2/c1-14-7-9-15(10-8-14)24-21(25)20(30-23(24)29)13-16-11-12-19(28-16)17-5-3-4-6-18(17)22(26)27-2/h3-13H,1-2H3/b20-13+. The Morgan fingerprint density at radius 1 is 1.10 bits per heavy atom. The molecule has 1 aromatic heterocycles. The van der Waals surface area contributed by atoms with Crippen LogP contribution in [0.15, 0.2) is 70.0 Å². The molecule has 1 aliphatic rings. The summed E-state index contributed by atoms with van der Waals surface area (Å²) in [5, 5.41) is 0. The highest BCUT2D eigenvalue weighted by atomic mass is 32.2. The average Bonchev–Trinajstić information content (AvgIpc) is 3.33. The van der Waals surface area contributed by atoms with Crippen LogP contribution in [0.5, 0.6) is 0 Å². The molecule has 5 nitrogen and oxygen atoms in total. The highest BCUT2D eigenvalue weighted by Crippen LogP contribution is 2.37. The summed E-state index contributed by atoms with van der Waals surface area (Å²) in [6, 6.07) is 18.2. The van der Waals surface area contributed by atoms with Crippen LogP contribution < -0.4 is 4.90 Å². The summed E-state index contributed by atoms with van der Waals surface area (Å²) in [4.78, 5) is 26.9. The quantitative estimate of drug-likeness (QED) is 0.309. The van der Waals surface area contributed by atoms with Gasteiger partial charge in [0.2, 0.25) is 0 Å². The fourth-order valence-electron chi connectivity index (χ4n) is 3.07. The Labute approximate surface area is 183 Å². The number of methoxy groups -OCH3 is 1. The fraction of sp³-hybridized carbons (Fsp3) is 0.0870. The number of anilines is 1. The number of hydrogen-bond donors (Lipinski definition) is 0. The maximum absolute atomic E-state index is 12.9. The topological polar surface area (TPSA) is 59.8 Å². The summed E-state index contributed by atoms with van der Waals surface area (Å²) < 4.78 is 11.2. The van der Waals surface area contributed by atoms with E-state index in [0.717, 1.165) is 11.3 Å². The molecule has 30 heavy (non-hydrogen) atoms. The zero-order valence-corrected chi connectivity index (χ0v) is 17.9. The van der Waals surface area contributed by atoms with Gasteiger partial charge >= 0.3 is 5.97 Å². The molecule has 7 heteroatoms. The van der Waals surface area contributed by atoms with Crippen LogP contribution in [0.2, 0.25) is 0 Å². The molecule has 0 N–H and O–H groups in total. The molecule has 0 saturated carbocycles. The van der Waals surface area contributed by atoms with Crippen molar-refractivity contribution in [3.8, 4) is 11.3 Å². The third kappa shape index (κ3) is 3.81. The van der Waals surface area contributed by atoms with Crippen LogP contribution in [0.4, 0.5) is 5.69 Å². The Balaban J connectivity index is 1.62. The van der Waals surface area contributed by atoms with Gasteiger partial charge < -0.3 is 9.15 Å². The maximum atomic E-state index is 12.9. The molecule has 150 valence electrons. The van der Waals surface area contributed by atoms with Crippen LogP contribution in [0, 0.1) is 6.92 Å². The molecule has 1 fully saturated rings. The predicted molar refractivity (Wildman–Crippen MR) is 122 cm³/mol. The number of aryl methyl sites for hydroxylation is 1. The van der Waals surface area contributed by atoms with Gasteiger partial charge in [0.05, 0.1) is 23.3 Å². The summed E-state index contributed by atoms with van der Waals surface area (Å²) in [5.41, 5.74) is 2.87. The smallest absolute Gasteiger partial charge is 0.338 e. The third-order valence-corrected chi connectivity index (χ3v) is 5.89. The molecule has 2 heterocycles. The normalized spacial score (nSPS) is 15.1. The highest BCUT2D eigenvalue weighted by Gasteiger charge is 2.33. The second-order valence-corrected chi connectivity index (χ2v) is 8.27. The number of thiocarbonyl (C=S) groups is 1. The molecular weight excluding hydrogens is 418 g/mol. The van der Waals surface area contributed by atoms with E-state index in [9.17, 15) is 9.59 Å². The molecule has 0 spiro atoms. The van der Waals surface area contributed by atoms with E-state index in [1.165, 1.54) is 23.8 Å². The minimum atomic E-state index is -0.442. The van der Waals surface area contributed by atoms with Crippen molar-refractivity contribution in [1.29, 1.82) is 0 Å². The zero-order chi connectivity index (χ0) is 21.3. The van der Waals surface area contributed by atoms with Crippen molar-refractivity contribution in [2.75, 3.05) is 12.0 Å². The number of thioether (sulfide) groups is 1. The van der Waals surface area contributed by atoms with Crippen LogP contribution in [-0.2, 0) is 9.53 Å². The lowest BCUT2D eigenvalue weighted by Crippen LogP contribution is -2.27. The van der Waals surface area contributed by atoms with Crippen molar-refractivity contribution in [3.63, 3.8) is 0 Å². The first kappa shape index (κ1) is 20.1. The molecule has 1 saturated heterocycles. The highest BCUT2D eigenvalue weighted by molar-refractivity contribution is 8.27. The Bertz CT molecular complexity index is 1180. The molecule has 0 atom stereocenters. The van der Waals surface area contributed by atoms with Crippen molar-refractivity contribution < 1.29 is 18.7 Å². The third-order valence-electron chi connectivity index (χ3n) is 4.58. The van der Waals surface area contributed by atoms with Gasteiger partial charge in [0, 0.05) is 11.6 Å². The minimum absolute atomic E-state index is 0.193. The first-order valence-electron chi connectivity index (χ1n) is 9.10. The van der Waals surface area contributed by atoms with Crippen molar-refractivity contribution in [2.45, 2.75) is 6.92 Å². The number of ether oxygens (including phenoxy) is 1. The zero-order valence-electron chi connectivity index (χ0n) is 16.2. The van der Waals surface area contributed by atoms with E-state index in [-0.39, 0.29) is 5.91 Å². The van der Waals surface area contributed by atoms with Gasteiger partial charge in [-0.3, -0.25) is 9.69 Å². The van der Waals surface area contributed by atoms with Crippen molar-refractivity contribution in [3.05, 3.63) is 82.5 Å². The van der Waals surface area contributed by atoms with E-state index in [1.54, 1.807) is 36.4 Å². The first-order valence-corrected chi connectivity index (χ1v) is 10.3. The summed E-state index contributed by atoms with van der Waals surface area (Å²) in [7, 11) is 1.34. The second kappa shape index (κ2) is 8.30. The monoisotopic (exact) mass is 435 g/mol. The number of furan rings is 1. The number of amides is 1. The first-order chi connectivity index (χ1) is 14.5. The Morgan fingerprint density at radius 3 is 2.57 bits per heavy atom. The van der Waals surface area contributed by atoms with Crippen molar-refractivity contribution >= 4 is 51.9 Å². The Kier molecular flexibility index (Phi) is 5.57. The van der Waals surface area contributed by atoms with E-state index in [2.05, 4.69) is 0 Å². The molecule has 0 radical (unpaired) electrons. The van der Waals surface area contributed by atoms with E-state index in [1.807, 2.05) is 37.3 Å². The van der Waals surface area contributed by atoms with Gasteiger partial charge in [0.25, 0.3) is 5.91 Å². The Morgan fingerprint density at radius 2 is 1.83 bits per heavy atom. The lowest BCUT2D eigenvalue weighted by Gasteiger charge is -2.14. The number of nitrogens with zero attached hydrogens (tertiary/aromatic N) is 1. The summed E-state index contributed by atoms with van der Waals surface area (Å²) in [6.07, 6.45) is 1.66. The van der Waals surface area contributed by atoms with Gasteiger partial charge in [-0.05, 0) is 37.3 Å². The minimum Gasteiger partial charge on any atom is -0.465 e. The summed E-state index contributed by atoms with van der Waals surface area (Å²) >= 11 is 6.64. The molecule has 1 aliphatic heterocycles. The van der Waals surface area contributed by atoms with Crippen LogP contribution in [-0.4, -0.2) is 23.3 Å². The van der Waals surface area contributed by atoms with E-state index >= 15 is 0 Å². The SMILES string of the molecule is COC(=O)c1ccccc1-c1ccc(/C=C2/SC(=S)N(c3ccc(C)cc3)C2=O)o1. The van der Waals surface area contributed by atoms with Crippen LogP contribution in [0.25, 0.3) is 17.4 Å². The van der Waals surface area contributed by atoms with Gasteiger partial charge in [-0.1, -0.05) is 59.9 Å². The van der Waals surface area contributed by atoms with Gasteiger partial charge in [-0.2, -0.15) is 0 Å². The molecule has 1 amide bonds. The molecule has 0 bridgehead atoms. The molecule has 3 aromatic rings. The van der Waals surface area contributed by atoms with Crippen molar-refractivity contribution in [1.82, 2.24) is 0 Å². The average molecular weight is 436 g/mol. The van der Waals surface area contributed by atoms with Gasteiger partial charge in [0.15, 0.2) is 4.32 Å². The number of carbonyl (C=O) groups is 2. The van der Waals surface area contributed by atoms with E-state index < -0.39 is 5.97 Å². The van der Waals surface area contributed by atoms with Gasteiger partial charge in [0.1, 0.15) is 11.5 Å². The maximum Gasteiger partial charge on any atom is 0.338 e. The molecule has 0 aliphatic carbocycles. The Hall–Kier alpha value is -3.16. The van der Waals surface area contributed by atoms with E-state index in [4.69, 9.17) is 21.4 Å². The number of rotatable bonds is 4. The van der Waals surface area contributed by atoms with Crippen molar-refractivity contribution in [2.24, 2.45) is 0 Å². The lowest BCUT2D eigenvalue weighted by atomic mass is 10.1. The largest absolute Gasteiger partial charge is 0.465 e. The molecule has 2 aromatic carbocycles. The van der Waals surface area contributed by atoms with Gasteiger partial charge in [-0.15, -0.1) is 0 Å². The molecular formula is C23H17NO4S2. The molecule has 0 unspecified atom stereocenters. The second-order valence-electron chi connectivity index (χ2n) is 6.59. The predicted octanol–water partition coefficient (Wildman–Crippen LogP) is 5.45. The summed E-state index contributed by atoms with van der Waals surface area (Å²) in [5.74, 6) is 0.370. The lowest BCUT2D eigenvalue weighted by molar-refractivity contribution is -0.113. The fourth-order valence-corrected chi connectivity index (χ4v) is 4.35. The van der Waals surface area contributed by atoms with Crippen LogP contribution in [0.1, 0.15) is 21.7 Å². The van der Waals surface area contributed by atoms with Gasteiger partial charge in [-0.25, -0.2) is 4.79 Å². The molecule has 4 rings (SSSR count). The number of hydrogen-bond acceptors (Lipinski definition) is 6. The van der Waals surface area contributed by atoms with Crippen LogP contribution >= 0.6 is 24.0 Å². The number of carbonyl (C=O) groups excluding carboxylic acids is 2. The summed E-state index contributed by atoms with van der Waals surface area (Å²) in [6.45, 7) is 1.99. The van der Waals surface area contributed by atoms with E-state index in [0.29, 0.717) is 31.9 Å². The van der Waals surface area contributed by atoms with Crippen LogP contribution in [0.3, 0.4) is 0 Å². The number of benzene rings is 2. The number of esters is 1.